The minimum Gasteiger partial charge on any atom is -0.493 e. The number of terminal acetylenes is 1. The summed E-state index contributed by atoms with van der Waals surface area (Å²) in [5.41, 5.74) is 1.53. The largest absolute Gasteiger partial charge is 0.493 e. The SMILES string of the molecule is C#CCOc1c(Cl)cc(/C=C/C(=O)c2ccc3c(c2)NC(=O)CO3)cc1OC. The molecule has 1 aliphatic rings. The molecule has 1 heterocycles. The van der Waals surface area contributed by atoms with Gasteiger partial charge >= 0.3 is 0 Å². The quantitative estimate of drug-likeness (QED) is 0.458. The summed E-state index contributed by atoms with van der Waals surface area (Å²) in [5.74, 6) is 3.13. The van der Waals surface area contributed by atoms with Crippen molar-refractivity contribution < 1.29 is 23.8 Å². The topological polar surface area (TPSA) is 73.9 Å². The fourth-order valence-electron chi connectivity index (χ4n) is 2.59. The third kappa shape index (κ3) is 4.27. The second-order valence-electron chi connectivity index (χ2n) is 5.77. The van der Waals surface area contributed by atoms with E-state index in [1.165, 1.54) is 13.2 Å². The molecular formula is C21H16ClNO5. The van der Waals surface area contributed by atoms with E-state index >= 15 is 0 Å². The Morgan fingerprint density at radius 1 is 1.39 bits per heavy atom. The summed E-state index contributed by atoms with van der Waals surface area (Å²) < 4.78 is 15.9. The molecule has 0 unspecified atom stereocenters. The average molecular weight is 398 g/mol. The third-order valence-corrected chi connectivity index (χ3v) is 4.16. The molecule has 0 aliphatic carbocycles. The van der Waals surface area contributed by atoms with Crippen LogP contribution in [0.15, 0.2) is 36.4 Å². The molecule has 0 saturated heterocycles. The number of carbonyl (C=O) groups is 2. The predicted molar refractivity (Wildman–Crippen MR) is 106 cm³/mol. The Labute approximate surface area is 167 Å². The standard InChI is InChI=1S/C21H16ClNO5/c1-3-8-27-21-15(22)9-13(10-19(21)26-2)4-6-17(24)14-5-7-18-16(11-14)23-20(25)12-28-18/h1,4-7,9-11H,8,12H2,2H3,(H,23,25)/b6-4+. The highest BCUT2D eigenvalue weighted by atomic mass is 35.5. The summed E-state index contributed by atoms with van der Waals surface area (Å²) in [6.07, 6.45) is 8.21. The second kappa shape index (κ2) is 8.51. The van der Waals surface area contributed by atoms with Crippen LogP contribution in [0.5, 0.6) is 17.2 Å². The van der Waals surface area contributed by atoms with Gasteiger partial charge in [0.15, 0.2) is 23.9 Å². The van der Waals surface area contributed by atoms with E-state index < -0.39 is 0 Å². The first-order valence-electron chi connectivity index (χ1n) is 8.24. The number of anilines is 1. The number of amides is 1. The highest BCUT2D eigenvalue weighted by molar-refractivity contribution is 6.32. The molecule has 142 valence electrons. The van der Waals surface area contributed by atoms with E-state index in [-0.39, 0.29) is 24.9 Å². The molecule has 0 atom stereocenters. The Hall–Kier alpha value is -3.43. The van der Waals surface area contributed by atoms with Gasteiger partial charge in [0.1, 0.15) is 12.4 Å². The van der Waals surface area contributed by atoms with Gasteiger partial charge in [0.2, 0.25) is 0 Å². The Bertz CT molecular complexity index is 1010. The summed E-state index contributed by atoms with van der Waals surface area (Å²) in [6, 6.07) is 8.17. The number of nitrogens with one attached hydrogen (secondary N) is 1. The molecule has 6 nitrogen and oxygen atoms in total. The highest BCUT2D eigenvalue weighted by Gasteiger charge is 2.17. The van der Waals surface area contributed by atoms with Gasteiger partial charge in [0.25, 0.3) is 5.91 Å². The van der Waals surface area contributed by atoms with Crippen LogP contribution in [0.3, 0.4) is 0 Å². The number of carbonyl (C=O) groups excluding carboxylic acids is 2. The number of rotatable bonds is 6. The zero-order valence-corrected chi connectivity index (χ0v) is 15.7. The minimum absolute atomic E-state index is 0.0379. The lowest BCUT2D eigenvalue weighted by Gasteiger charge is -2.18. The number of halogens is 1. The average Bonchev–Trinajstić information content (AvgIpc) is 2.70. The van der Waals surface area contributed by atoms with Crippen LogP contribution in [0.25, 0.3) is 6.08 Å². The Morgan fingerprint density at radius 2 is 2.21 bits per heavy atom. The first kappa shape index (κ1) is 19.3. The van der Waals surface area contributed by atoms with E-state index in [1.807, 2.05) is 0 Å². The van der Waals surface area contributed by atoms with Gasteiger partial charge in [-0.3, -0.25) is 9.59 Å². The summed E-state index contributed by atoms with van der Waals surface area (Å²) >= 11 is 6.23. The van der Waals surface area contributed by atoms with Gasteiger partial charge < -0.3 is 19.5 Å². The minimum atomic E-state index is -0.262. The predicted octanol–water partition coefficient (Wildman–Crippen LogP) is 3.59. The van der Waals surface area contributed by atoms with Crippen LogP contribution < -0.4 is 19.5 Å². The zero-order chi connectivity index (χ0) is 20.1. The van der Waals surface area contributed by atoms with Gasteiger partial charge in [0.05, 0.1) is 17.8 Å². The molecule has 1 amide bonds. The smallest absolute Gasteiger partial charge is 0.262 e. The molecule has 2 aromatic carbocycles. The number of methoxy groups -OCH3 is 1. The van der Waals surface area contributed by atoms with Gasteiger partial charge in [-0.2, -0.15) is 0 Å². The van der Waals surface area contributed by atoms with E-state index in [2.05, 4.69) is 11.2 Å². The molecular weight excluding hydrogens is 382 g/mol. The summed E-state index contributed by atoms with van der Waals surface area (Å²) in [6.45, 7) is 0.0200. The van der Waals surface area contributed by atoms with Crippen molar-refractivity contribution in [3.8, 4) is 29.6 Å². The van der Waals surface area contributed by atoms with E-state index in [1.54, 1.807) is 36.4 Å². The lowest BCUT2D eigenvalue weighted by molar-refractivity contribution is -0.118. The van der Waals surface area contributed by atoms with E-state index in [0.29, 0.717) is 39.1 Å². The molecule has 3 rings (SSSR count). The monoisotopic (exact) mass is 397 g/mol. The number of hydrogen-bond acceptors (Lipinski definition) is 5. The van der Waals surface area contributed by atoms with E-state index in [4.69, 9.17) is 32.2 Å². The van der Waals surface area contributed by atoms with Crippen molar-refractivity contribution in [2.24, 2.45) is 0 Å². The van der Waals surface area contributed by atoms with Crippen molar-refractivity contribution in [3.63, 3.8) is 0 Å². The molecule has 0 aromatic heterocycles. The van der Waals surface area contributed by atoms with Crippen LogP contribution in [-0.2, 0) is 4.79 Å². The lowest BCUT2D eigenvalue weighted by atomic mass is 10.1. The number of hydrogen-bond donors (Lipinski definition) is 1. The normalized spacial score (nSPS) is 12.5. The highest BCUT2D eigenvalue weighted by Crippen LogP contribution is 2.37. The fraction of sp³-hybridized carbons (Fsp3) is 0.143. The first-order valence-corrected chi connectivity index (χ1v) is 8.62. The van der Waals surface area contributed by atoms with Gasteiger partial charge in [-0.1, -0.05) is 23.6 Å². The Balaban J connectivity index is 1.81. The Morgan fingerprint density at radius 3 is 2.96 bits per heavy atom. The summed E-state index contributed by atoms with van der Waals surface area (Å²) in [4.78, 5) is 23.9. The fourth-order valence-corrected chi connectivity index (χ4v) is 2.87. The number of ether oxygens (including phenoxy) is 3. The van der Waals surface area contributed by atoms with Crippen LogP contribution >= 0.6 is 11.6 Å². The van der Waals surface area contributed by atoms with Crippen LogP contribution in [0.2, 0.25) is 5.02 Å². The third-order valence-electron chi connectivity index (χ3n) is 3.88. The maximum atomic E-state index is 12.5. The molecule has 0 fully saturated rings. The van der Waals surface area contributed by atoms with Crippen molar-refractivity contribution in [2.75, 3.05) is 25.6 Å². The molecule has 0 spiro atoms. The summed E-state index contributed by atoms with van der Waals surface area (Å²) in [5, 5.41) is 2.99. The lowest BCUT2D eigenvalue weighted by Crippen LogP contribution is -2.25. The van der Waals surface area contributed by atoms with E-state index in [9.17, 15) is 9.59 Å². The van der Waals surface area contributed by atoms with Crippen LogP contribution in [0.1, 0.15) is 15.9 Å². The molecule has 0 saturated carbocycles. The van der Waals surface area contributed by atoms with Crippen molar-refractivity contribution in [2.45, 2.75) is 0 Å². The molecule has 7 heteroatoms. The van der Waals surface area contributed by atoms with Crippen molar-refractivity contribution in [3.05, 3.63) is 52.6 Å². The maximum absolute atomic E-state index is 12.5. The maximum Gasteiger partial charge on any atom is 0.262 e. The second-order valence-corrected chi connectivity index (χ2v) is 6.18. The van der Waals surface area contributed by atoms with Gasteiger partial charge in [-0.05, 0) is 42.0 Å². The van der Waals surface area contributed by atoms with Crippen molar-refractivity contribution in [1.82, 2.24) is 0 Å². The molecule has 28 heavy (non-hydrogen) atoms. The number of ketones is 1. The number of fused-ring (bicyclic) bond motifs is 1. The molecule has 1 N–H and O–H groups in total. The van der Waals surface area contributed by atoms with Gasteiger partial charge in [-0.15, -0.1) is 6.42 Å². The molecule has 2 aromatic rings. The zero-order valence-electron chi connectivity index (χ0n) is 15.0. The summed E-state index contributed by atoms with van der Waals surface area (Å²) in [7, 11) is 1.48. The number of benzene rings is 2. The molecule has 1 aliphatic heterocycles. The van der Waals surface area contributed by atoms with E-state index in [0.717, 1.165) is 0 Å². The van der Waals surface area contributed by atoms with Crippen LogP contribution in [0, 0.1) is 12.3 Å². The first-order chi connectivity index (χ1) is 13.5. The number of allylic oxidation sites excluding steroid dienone is 1. The van der Waals surface area contributed by atoms with Gasteiger partial charge in [0, 0.05) is 5.56 Å². The van der Waals surface area contributed by atoms with Gasteiger partial charge in [-0.25, -0.2) is 0 Å². The van der Waals surface area contributed by atoms with Crippen molar-refractivity contribution in [1.29, 1.82) is 0 Å². The van der Waals surface area contributed by atoms with Crippen molar-refractivity contribution >= 4 is 35.1 Å². The van der Waals surface area contributed by atoms with Crippen LogP contribution in [0.4, 0.5) is 5.69 Å². The molecule has 0 radical (unpaired) electrons. The molecule has 0 bridgehead atoms. The Kier molecular flexibility index (Phi) is 5.87. The van der Waals surface area contributed by atoms with Crippen LogP contribution in [-0.4, -0.2) is 32.0 Å².